The van der Waals surface area contributed by atoms with Crippen LogP contribution in [0.4, 0.5) is 0 Å². The van der Waals surface area contributed by atoms with Gasteiger partial charge in [0.2, 0.25) is 15.9 Å². The number of amides is 2. The fourth-order valence-corrected chi connectivity index (χ4v) is 3.30. The zero-order chi connectivity index (χ0) is 17.1. The molecule has 0 saturated heterocycles. The molecular weight excluding hydrogens is 374 g/mol. The Kier molecular flexibility index (Phi) is 6.09. The third-order valence-corrected chi connectivity index (χ3v) is 5.66. The van der Waals surface area contributed by atoms with Crippen molar-refractivity contribution >= 4 is 37.8 Å². The Hall–Kier alpha value is -1.45. The average Bonchev–Trinajstić information content (AvgIpc) is 2.44. The molecule has 0 atom stereocenters. The highest BCUT2D eigenvalue weighted by Crippen LogP contribution is 2.25. The first-order valence-electron chi connectivity index (χ1n) is 6.27. The van der Waals surface area contributed by atoms with Crippen molar-refractivity contribution in [1.82, 2.24) is 14.5 Å². The molecule has 0 aliphatic carbocycles. The van der Waals surface area contributed by atoms with Gasteiger partial charge in [-0.05, 0) is 34.1 Å². The number of hydrogen-bond acceptors (Lipinski definition) is 4. The number of benzene rings is 1. The van der Waals surface area contributed by atoms with Gasteiger partial charge in [0.25, 0.3) is 5.91 Å². The molecule has 1 aromatic carbocycles. The molecule has 0 heterocycles. The SMILES string of the molecule is CN(C)C(=O)CNC(=O)c1ccc(Br)c(S(=O)(=O)N(C)C)c1. The van der Waals surface area contributed by atoms with E-state index in [4.69, 9.17) is 0 Å². The Labute approximate surface area is 138 Å². The number of carbonyl (C=O) groups is 2. The minimum atomic E-state index is -3.68. The largest absolute Gasteiger partial charge is 0.347 e. The topological polar surface area (TPSA) is 86.8 Å². The van der Waals surface area contributed by atoms with Crippen LogP contribution in [0.1, 0.15) is 10.4 Å². The van der Waals surface area contributed by atoms with Gasteiger partial charge in [0.15, 0.2) is 0 Å². The number of nitrogens with zero attached hydrogens (tertiary/aromatic N) is 2. The second kappa shape index (κ2) is 7.21. The van der Waals surface area contributed by atoms with E-state index in [1.807, 2.05) is 0 Å². The van der Waals surface area contributed by atoms with Crippen LogP contribution in [-0.4, -0.2) is 64.2 Å². The van der Waals surface area contributed by atoms with E-state index in [9.17, 15) is 18.0 Å². The lowest BCUT2D eigenvalue weighted by molar-refractivity contribution is -0.127. The standard InChI is InChI=1S/C13H18BrN3O4S/c1-16(2)12(18)8-15-13(19)9-5-6-10(14)11(7-9)22(20,21)17(3)4/h5-7H,8H2,1-4H3,(H,15,19). The Morgan fingerprint density at radius 2 is 1.77 bits per heavy atom. The number of nitrogens with one attached hydrogen (secondary N) is 1. The van der Waals surface area contributed by atoms with Gasteiger partial charge in [-0.25, -0.2) is 12.7 Å². The van der Waals surface area contributed by atoms with E-state index in [-0.39, 0.29) is 22.9 Å². The van der Waals surface area contributed by atoms with Crippen LogP contribution in [-0.2, 0) is 14.8 Å². The molecule has 0 spiro atoms. The first-order valence-corrected chi connectivity index (χ1v) is 8.51. The second-order valence-corrected chi connectivity index (χ2v) is 7.88. The average molecular weight is 392 g/mol. The number of halogens is 1. The van der Waals surface area contributed by atoms with Crippen molar-refractivity contribution in [2.75, 3.05) is 34.7 Å². The lowest BCUT2D eigenvalue weighted by Gasteiger charge is -2.14. The van der Waals surface area contributed by atoms with Crippen LogP contribution in [0.15, 0.2) is 27.6 Å². The highest BCUT2D eigenvalue weighted by atomic mass is 79.9. The molecule has 7 nitrogen and oxygen atoms in total. The van der Waals surface area contributed by atoms with Crippen LogP contribution >= 0.6 is 15.9 Å². The molecule has 0 aromatic heterocycles. The Bertz CT molecular complexity index is 687. The highest BCUT2D eigenvalue weighted by molar-refractivity contribution is 9.10. The molecule has 1 N–H and O–H groups in total. The number of sulfonamides is 1. The first-order chi connectivity index (χ1) is 10.1. The number of carbonyl (C=O) groups excluding carboxylic acids is 2. The molecule has 0 aliphatic rings. The third-order valence-electron chi connectivity index (χ3n) is 2.85. The fourth-order valence-electron chi connectivity index (χ4n) is 1.46. The van der Waals surface area contributed by atoms with Crippen LogP contribution in [0, 0.1) is 0 Å². The van der Waals surface area contributed by atoms with E-state index >= 15 is 0 Å². The summed E-state index contributed by atoms with van der Waals surface area (Å²) < 4.78 is 25.8. The molecule has 1 rings (SSSR count). The van der Waals surface area contributed by atoms with Gasteiger partial charge in [-0.1, -0.05) is 0 Å². The zero-order valence-corrected chi connectivity index (χ0v) is 15.2. The molecule has 122 valence electrons. The van der Waals surface area contributed by atoms with Crippen LogP contribution in [0.5, 0.6) is 0 Å². The summed E-state index contributed by atoms with van der Waals surface area (Å²) in [5, 5.41) is 2.45. The lowest BCUT2D eigenvalue weighted by atomic mass is 10.2. The predicted octanol–water partition coefficient (Wildman–Crippen LogP) is 0.517. The monoisotopic (exact) mass is 391 g/mol. The van der Waals surface area contributed by atoms with Crippen molar-refractivity contribution in [3.8, 4) is 0 Å². The minimum Gasteiger partial charge on any atom is -0.347 e. The summed E-state index contributed by atoms with van der Waals surface area (Å²) in [6.07, 6.45) is 0. The van der Waals surface area contributed by atoms with Crippen LogP contribution < -0.4 is 5.32 Å². The van der Waals surface area contributed by atoms with Gasteiger partial charge < -0.3 is 10.2 Å². The summed E-state index contributed by atoms with van der Waals surface area (Å²) in [6, 6.07) is 4.24. The first kappa shape index (κ1) is 18.6. The third kappa shape index (κ3) is 4.28. The maximum atomic E-state index is 12.2. The van der Waals surface area contributed by atoms with E-state index < -0.39 is 15.9 Å². The van der Waals surface area contributed by atoms with Crippen LogP contribution in [0.3, 0.4) is 0 Å². The van der Waals surface area contributed by atoms with Crippen LogP contribution in [0.25, 0.3) is 0 Å². The summed E-state index contributed by atoms with van der Waals surface area (Å²) in [7, 11) is 2.30. The summed E-state index contributed by atoms with van der Waals surface area (Å²) in [6.45, 7) is -0.155. The maximum Gasteiger partial charge on any atom is 0.251 e. The van der Waals surface area contributed by atoms with Gasteiger partial charge >= 0.3 is 0 Å². The minimum absolute atomic E-state index is 0.0101. The Morgan fingerprint density at radius 1 is 1.18 bits per heavy atom. The molecule has 0 fully saturated rings. The molecular formula is C13H18BrN3O4S. The van der Waals surface area contributed by atoms with E-state index in [0.29, 0.717) is 4.47 Å². The quantitative estimate of drug-likeness (QED) is 0.792. The smallest absolute Gasteiger partial charge is 0.251 e. The second-order valence-electron chi connectivity index (χ2n) is 4.90. The molecule has 0 radical (unpaired) electrons. The van der Waals surface area contributed by atoms with Gasteiger partial charge in [0.1, 0.15) is 0 Å². The zero-order valence-electron chi connectivity index (χ0n) is 12.8. The van der Waals surface area contributed by atoms with E-state index in [2.05, 4.69) is 21.2 Å². The van der Waals surface area contributed by atoms with Crippen molar-refractivity contribution in [3.05, 3.63) is 28.2 Å². The maximum absolute atomic E-state index is 12.2. The van der Waals surface area contributed by atoms with Crippen LogP contribution in [0.2, 0.25) is 0 Å². The van der Waals surface area contributed by atoms with Crippen molar-refractivity contribution < 1.29 is 18.0 Å². The molecule has 0 bridgehead atoms. The molecule has 0 saturated carbocycles. The van der Waals surface area contributed by atoms with E-state index in [1.165, 1.54) is 37.2 Å². The van der Waals surface area contributed by atoms with E-state index in [0.717, 1.165) is 4.31 Å². The Morgan fingerprint density at radius 3 is 2.27 bits per heavy atom. The van der Waals surface area contributed by atoms with Gasteiger partial charge in [-0.2, -0.15) is 0 Å². The molecule has 1 aromatic rings. The Balaban J connectivity index is 3.04. The normalized spacial score (nSPS) is 11.4. The highest BCUT2D eigenvalue weighted by Gasteiger charge is 2.22. The number of rotatable bonds is 5. The van der Waals surface area contributed by atoms with Gasteiger partial charge in [0.05, 0.1) is 11.4 Å². The van der Waals surface area contributed by atoms with Crippen molar-refractivity contribution in [3.63, 3.8) is 0 Å². The van der Waals surface area contributed by atoms with Crippen molar-refractivity contribution in [2.24, 2.45) is 0 Å². The lowest BCUT2D eigenvalue weighted by Crippen LogP contribution is -2.36. The van der Waals surface area contributed by atoms with Crippen molar-refractivity contribution in [2.45, 2.75) is 4.90 Å². The molecule has 0 aliphatic heterocycles. The fraction of sp³-hybridized carbons (Fsp3) is 0.385. The summed E-state index contributed by atoms with van der Waals surface area (Å²) >= 11 is 3.17. The molecule has 2 amide bonds. The summed E-state index contributed by atoms with van der Waals surface area (Å²) in [4.78, 5) is 24.8. The summed E-state index contributed by atoms with van der Waals surface area (Å²) in [5.41, 5.74) is 0.162. The van der Waals surface area contributed by atoms with E-state index in [1.54, 1.807) is 14.1 Å². The summed E-state index contributed by atoms with van der Waals surface area (Å²) in [5.74, 6) is -0.774. The number of hydrogen-bond donors (Lipinski definition) is 1. The molecule has 0 unspecified atom stereocenters. The van der Waals surface area contributed by atoms with Gasteiger partial charge in [0, 0.05) is 38.2 Å². The van der Waals surface area contributed by atoms with Crippen molar-refractivity contribution in [1.29, 1.82) is 0 Å². The van der Waals surface area contributed by atoms with Gasteiger partial charge in [-0.15, -0.1) is 0 Å². The molecule has 9 heteroatoms. The predicted molar refractivity (Wildman–Crippen MR) is 86.0 cm³/mol. The van der Waals surface area contributed by atoms with Gasteiger partial charge in [-0.3, -0.25) is 9.59 Å². The number of likely N-dealkylation sites (N-methyl/N-ethyl adjacent to an activating group) is 1. The molecule has 22 heavy (non-hydrogen) atoms.